The van der Waals surface area contributed by atoms with Gasteiger partial charge in [-0.05, 0) is 85.0 Å². The van der Waals surface area contributed by atoms with Gasteiger partial charge in [0.05, 0.1) is 6.10 Å². The molecule has 0 aliphatic heterocycles. The zero-order valence-electron chi connectivity index (χ0n) is 27.6. The van der Waals surface area contributed by atoms with Gasteiger partial charge in [0, 0.05) is 34.6 Å². The molecule has 3 aliphatic rings. The highest BCUT2D eigenvalue weighted by molar-refractivity contribution is 5.82. The van der Waals surface area contributed by atoms with Gasteiger partial charge in [0.25, 0.3) is 0 Å². The molecule has 0 bridgehead atoms. The number of aliphatic hydroxyl groups excluding tert-OH is 1. The van der Waals surface area contributed by atoms with Gasteiger partial charge in [-0.3, -0.25) is 24.0 Å². The van der Waals surface area contributed by atoms with Gasteiger partial charge >= 0.3 is 35.8 Å². The van der Waals surface area contributed by atoms with Crippen LogP contribution in [0.25, 0.3) is 0 Å². The lowest BCUT2D eigenvalue weighted by Crippen LogP contribution is -2.55. The number of aliphatic hydroxyl groups is 1. The predicted octanol–water partition coefficient (Wildman–Crippen LogP) is 3.10. The van der Waals surface area contributed by atoms with Gasteiger partial charge < -0.3 is 33.5 Å². The minimum atomic E-state index is -1.98. The lowest BCUT2D eigenvalue weighted by atomic mass is 9.55. The fraction of sp³-hybridized carbons (Fsp3) is 0.647. The Bertz CT molecular complexity index is 1390. The van der Waals surface area contributed by atoms with E-state index in [1.54, 1.807) is 12.1 Å². The lowest BCUT2D eigenvalue weighted by molar-refractivity contribution is -0.206. The van der Waals surface area contributed by atoms with Crippen LogP contribution in [0.2, 0.25) is 0 Å². The highest BCUT2D eigenvalue weighted by Crippen LogP contribution is 2.61. The lowest BCUT2D eigenvalue weighted by Gasteiger charge is -2.50. The fourth-order valence-electron chi connectivity index (χ4n) is 7.84. The first-order valence-electron chi connectivity index (χ1n) is 16.0. The summed E-state index contributed by atoms with van der Waals surface area (Å²) in [5, 5.41) is 10.7. The monoisotopic (exact) mass is 660 g/mol. The first-order chi connectivity index (χ1) is 22.1. The highest BCUT2D eigenvalue weighted by atomic mass is 16.7. The Balaban J connectivity index is 1.62. The summed E-state index contributed by atoms with van der Waals surface area (Å²) in [6.07, 6.45) is -2.03. The van der Waals surface area contributed by atoms with E-state index in [4.69, 9.17) is 28.4 Å². The second-order valence-corrected chi connectivity index (χ2v) is 13.0. The SMILES string of the molecule is CC(=O)OCC(OC(C)=O)C(OC(C)=O)C(OC(C)=O)C(OC(C)=O)C(=O)Oc1ccc2c(c1)CCC1C2CCC2(C)C(O)CCC12. The van der Waals surface area contributed by atoms with Gasteiger partial charge in [0.1, 0.15) is 12.4 Å². The van der Waals surface area contributed by atoms with Crippen molar-refractivity contribution in [1.82, 2.24) is 0 Å². The Kier molecular flexibility index (Phi) is 11.3. The molecule has 3 aliphatic carbocycles. The van der Waals surface area contributed by atoms with Crippen molar-refractivity contribution in [2.45, 2.75) is 117 Å². The van der Waals surface area contributed by atoms with Crippen molar-refractivity contribution >= 4 is 35.8 Å². The van der Waals surface area contributed by atoms with Crippen molar-refractivity contribution in [3.63, 3.8) is 0 Å². The molecule has 0 radical (unpaired) electrons. The molecule has 9 unspecified atom stereocenters. The summed E-state index contributed by atoms with van der Waals surface area (Å²) in [7, 11) is 0. The third kappa shape index (κ3) is 8.30. The summed E-state index contributed by atoms with van der Waals surface area (Å²) in [6, 6.07) is 5.34. The molecule has 47 heavy (non-hydrogen) atoms. The van der Waals surface area contributed by atoms with Gasteiger partial charge in [0.2, 0.25) is 6.10 Å². The van der Waals surface area contributed by atoms with Crippen molar-refractivity contribution < 1.29 is 62.3 Å². The van der Waals surface area contributed by atoms with Crippen LogP contribution in [0.1, 0.15) is 90.7 Å². The van der Waals surface area contributed by atoms with Gasteiger partial charge in [-0.25, -0.2) is 4.79 Å². The molecule has 9 atom stereocenters. The minimum Gasteiger partial charge on any atom is -0.462 e. The van der Waals surface area contributed by atoms with Gasteiger partial charge in [-0.15, -0.1) is 0 Å². The van der Waals surface area contributed by atoms with Gasteiger partial charge in [-0.2, -0.15) is 0 Å². The first-order valence-corrected chi connectivity index (χ1v) is 16.0. The van der Waals surface area contributed by atoms with E-state index in [0.717, 1.165) is 78.7 Å². The maximum absolute atomic E-state index is 13.7. The highest BCUT2D eigenvalue weighted by Gasteiger charge is 2.54. The Morgan fingerprint density at radius 1 is 0.809 bits per heavy atom. The molecule has 1 aromatic carbocycles. The molecule has 1 N–H and O–H groups in total. The van der Waals surface area contributed by atoms with Gasteiger partial charge in [-0.1, -0.05) is 13.0 Å². The van der Waals surface area contributed by atoms with E-state index in [1.807, 2.05) is 6.07 Å². The van der Waals surface area contributed by atoms with Crippen LogP contribution in [-0.2, 0) is 58.9 Å². The molecule has 0 saturated heterocycles. The van der Waals surface area contributed by atoms with Crippen LogP contribution in [0.4, 0.5) is 0 Å². The number of benzene rings is 1. The molecule has 4 rings (SSSR count). The number of ether oxygens (including phenoxy) is 6. The quantitative estimate of drug-likeness (QED) is 0.208. The van der Waals surface area contributed by atoms with E-state index in [0.29, 0.717) is 17.8 Å². The van der Waals surface area contributed by atoms with Crippen LogP contribution in [0.5, 0.6) is 5.75 Å². The summed E-state index contributed by atoms with van der Waals surface area (Å²) in [6.45, 7) is 6.76. The Morgan fingerprint density at radius 2 is 1.45 bits per heavy atom. The Hall–Kier alpha value is -4.00. The zero-order valence-corrected chi connectivity index (χ0v) is 27.6. The first kappa shape index (κ1) is 35.8. The summed E-state index contributed by atoms with van der Waals surface area (Å²) >= 11 is 0. The van der Waals surface area contributed by atoms with Crippen molar-refractivity contribution in [2.24, 2.45) is 17.3 Å². The van der Waals surface area contributed by atoms with Crippen molar-refractivity contribution in [1.29, 1.82) is 0 Å². The zero-order chi connectivity index (χ0) is 34.6. The van der Waals surface area contributed by atoms with E-state index >= 15 is 0 Å². The van der Waals surface area contributed by atoms with Crippen LogP contribution in [-0.4, -0.2) is 78.0 Å². The largest absolute Gasteiger partial charge is 0.462 e. The normalized spacial score (nSPS) is 26.9. The molecule has 0 spiro atoms. The van der Waals surface area contributed by atoms with Crippen LogP contribution in [0, 0.1) is 17.3 Å². The Labute approximate surface area is 273 Å². The molecule has 1 aromatic rings. The molecule has 2 saturated carbocycles. The number of hydrogen-bond donors (Lipinski definition) is 1. The van der Waals surface area contributed by atoms with Crippen LogP contribution >= 0.6 is 0 Å². The summed E-state index contributed by atoms with van der Waals surface area (Å²) < 4.78 is 31.9. The van der Waals surface area contributed by atoms with Crippen molar-refractivity contribution in [3.05, 3.63) is 29.3 Å². The fourth-order valence-corrected chi connectivity index (χ4v) is 7.84. The topological polar surface area (TPSA) is 178 Å². The maximum Gasteiger partial charge on any atom is 0.356 e. The summed E-state index contributed by atoms with van der Waals surface area (Å²) in [5.41, 5.74) is 2.14. The molecule has 0 heterocycles. The number of hydrogen-bond acceptors (Lipinski definition) is 13. The van der Waals surface area contributed by atoms with Crippen molar-refractivity contribution in [2.75, 3.05) is 6.61 Å². The number of rotatable bonds is 11. The second-order valence-electron chi connectivity index (χ2n) is 13.0. The molecule has 2 fully saturated rings. The minimum absolute atomic E-state index is 0.0605. The molecular weight excluding hydrogens is 616 g/mol. The van der Waals surface area contributed by atoms with E-state index in [1.165, 1.54) is 5.56 Å². The molecule has 13 heteroatoms. The molecule has 0 aromatic heterocycles. The van der Waals surface area contributed by atoms with Gasteiger partial charge in [0.15, 0.2) is 18.3 Å². The molecule has 0 amide bonds. The third-order valence-corrected chi connectivity index (χ3v) is 9.75. The smallest absolute Gasteiger partial charge is 0.356 e. The number of esters is 6. The molecule has 258 valence electrons. The predicted molar refractivity (Wildman–Crippen MR) is 162 cm³/mol. The van der Waals surface area contributed by atoms with E-state index < -0.39 is 66.8 Å². The summed E-state index contributed by atoms with van der Waals surface area (Å²) in [5.74, 6) is -4.21. The van der Waals surface area contributed by atoms with E-state index in [2.05, 4.69) is 6.92 Å². The number of carbonyl (C=O) groups excluding carboxylic acids is 6. The van der Waals surface area contributed by atoms with Crippen LogP contribution in [0.3, 0.4) is 0 Å². The third-order valence-electron chi connectivity index (χ3n) is 9.75. The standard InChI is InChI=1S/C34H44O13/c1-17(35)42-16-28(43-18(2)36)30(44-19(3)37)31(45-20(4)38)32(46-21(5)39)33(41)47-23-8-10-24-22(15-23)7-9-26-25(24)13-14-34(6)27(26)11-12-29(34)40/h8,10,15,25-32,40H,7,9,11-14,16H2,1-6H3. The number of fused-ring (bicyclic) bond motifs is 5. The summed E-state index contributed by atoms with van der Waals surface area (Å²) in [4.78, 5) is 73.8. The second kappa shape index (κ2) is 14.8. The number of aryl methyl sites for hydroxylation is 1. The number of carbonyl (C=O) groups is 6. The average molecular weight is 661 g/mol. The average Bonchev–Trinajstić information content (AvgIpc) is 3.29. The van der Waals surface area contributed by atoms with Crippen molar-refractivity contribution in [3.8, 4) is 5.75 Å². The Morgan fingerprint density at radius 3 is 2.06 bits per heavy atom. The van der Waals surface area contributed by atoms with E-state index in [-0.39, 0.29) is 17.3 Å². The van der Waals surface area contributed by atoms with E-state index in [9.17, 15) is 33.9 Å². The molecular formula is C34H44O13. The van der Waals surface area contributed by atoms with Crippen LogP contribution < -0.4 is 4.74 Å². The molecule has 13 nitrogen and oxygen atoms in total. The van der Waals surface area contributed by atoms with Crippen LogP contribution in [0.15, 0.2) is 18.2 Å². The maximum atomic E-state index is 13.7.